The average molecular weight is 312 g/mol. The molecule has 0 aliphatic carbocycles. The lowest BCUT2D eigenvalue weighted by Gasteiger charge is -2.33. The lowest BCUT2D eigenvalue weighted by molar-refractivity contribution is -0.898. The summed E-state index contributed by atoms with van der Waals surface area (Å²) < 4.78 is 0. The summed E-state index contributed by atoms with van der Waals surface area (Å²) in [7, 11) is 0. The molecular formula is C17H22N5O+. The molecule has 1 aliphatic heterocycles. The second-order valence-corrected chi connectivity index (χ2v) is 5.68. The number of hydrogen-bond acceptors (Lipinski definition) is 4. The highest BCUT2D eigenvalue weighted by Crippen LogP contribution is 2.18. The van der Waals surface area contributed by atoms with Crippen LogP contribution < -0.4 is 15.1 Å². The Morgan fingerprint density at radius 1 is 1.22 bits per heavy atom. The van der Waals surface area contributed by atoms with Crippen molar-refractivity contribution in [3.8, 4) is 0 Å². The van der Waals surface area contributed by atoms with Gasteiger partial charge in [0, 0.05) is 23.8 Å². The van der Waals surface area contributed by atoms with Gasteiger partial charge in [0.05, 0.1) is 38.9 Å². The minimum atomic E-state index is -0.244. The molecule has 1 aromatic carbocycles. The Morgan fingerprint density at radius 2 is 1.96 bits per heavy atom. The Labute approximate surface area is 136 Å². The molecule has 0 unspecified atom stereocenters. The molecule has 1 fully saturated rings. The predicted molar refractivity (Wildman–Crippen MR) is 89.9 cm³/mol. The van der Waals surface area contributed by atoms with Gasteiger partial charge in [0.25, 0.3) is 5.91 Å². The van der Waals surface area contributed by atoms with Crippen LogP contribution in [-0.2, 0) is 0 Å². The molecule has 6 heteroatoms. The first-order chi connectivity index (χ1) is 11.3. The number of benzene rings is 1. The summed E-state index contributed by atoms with van der Waals surface area (Å²) in [6, 6.07) is 7.98. The third-order valence-corrected chi connectivity index (χ3v) is 4.26. The van der Waals surface area contributed by atoms with Gasteiger partial charge in [0.2, 0.25) is 0 Å². The van der Waals surface area contributed by atoms with E-state index in [4.69, 9.17) is 0 Å². The first kappa shape index (κ1) is 15.4. The minimum absolute atomic E-state index is 0.244. The quantitative estimate of drug-likeness (QED) is 0.861. The fourth-order valence-electron chi connectivity index (χ4n) is 2.80. The zero-order chi connectivity index (χ0) is 16.1. The molecule has 1 amide bonds. The van der Waals surface area contributed by atoms with Crippen LogP contribution in [0.15, 0.2) is 42.9 Å². The molecular weight excluding hydrogens is 290 g/mol. The Bertz CT molecular complexity index is 636. The van der Waals surface area contributed by atoms with Crippen molar-refractivity contribution in [1.29, 1.82) is 0 Å². The third kappa shape index (κ3) is 3.84. The first-order valence-corrected chi connectivity index (χ1v) is 8.02. The highest BCUT2D eigenvalue weighted by Gasteiger charge is 2.18. The van der Waals surface area contributed by atoms with E-state index < -0.39 is 0 Å². The van der Waals surface area contributed by atoms with Crippen LogP contribution in [0.25, 0.3) is 0 Å². The van der Waals surface area contributed by atoms with E-state index in [0.717, 1.165) is 18.8 Å². The van der Waals surface area contributed by atoms with Crippen molar-refractivity contribution in [2.45, 2.75) is 6.92 Å². The second kappa shape index (κ2) is 7.19. The molecule has 2 aromatic rings. The fraction of sp³-hybridized carbons (Fsp3) is 0.353. The lowest BCUT2D eigenvalue weighted by atomic mass is 10.2. The molecule has 0 saturated carbocycles. The Hall–Kier alpha value is -2.47. The maximum absolute atomic E-state index is 12.0. The summed E-state index contributed by atoms with van der Waals surface area (Å²) in [6.45, 7) is 7.95. The van der Waals surface area contributed by atoms with E-state index in [1.165, 1.54) is 37.7 Å². The van der Waals surface area contributed by atoms with Gasteiger partial charge in [-0.3, -0.25) is 9.78 Å². The number of likely N-dealkylation sites (N-methyl/N-ethyl adjacent to an activating group) is 1. The fourth-order valence-corrected chi connectivity index (χ4v) is 2.80. The van der Waals surface area contributed by atoms with Crippen LogP contribution in [0.5, 0.6) is 0 Å². The number of rotatable bonds is 4. The highest BCUT2D eigenvalue weighted by molar-refractivity contribution is 6.02. The number of nitrogens with zero attached hydrogens (tertiary/aromatic N) is 3. The SMILES string of the molecule is CC[NH+]1CCN(c2ccc(NC(=O)c3cnccn3)cc2)CC1. The molecule has 1 aromatic heterocycles. The van der Waals surface area contributed by atoms with Crippen LogP contribution in [0.3, 0.4) is 0 Å². The number of amides is 1. The zero-order valence-electron chi connectivity index (χ0n) is 13.3. The number of hydrogen-bond donors (Lipinski definition) is 2. The molecule has 0 radical (unpaired) electrons. The average Bonchev–Trinajstić information content (AvgIpc) is 2.63. The van der Waals surface area contributed by atoms with Crippen LogP contribution in [0, 0.1) is 0 Å². The third-order valence-electron chi connectivity index (χ3n) is 4.26. The summed E-state index contributed by atoms with van der Waals surface area (Å²) in [5.41, 5.74) is 2.29. The molecule has 1 saturated heterocycles. The summed E-state index contributed by atoms with van der Waals surface area (Å²) in [4.78, 5) is 24.0. The summed E-state index contributed by atoms with van der Waals surface area (Å²) >= 11 is 0. The number of anilines is 2. The van der Waals surface area contributed by atoms with Gasteiger partial charge in [-0.25, -0.2) is 4.98 Å². The number of nitrogens with one attached hydrogen (secondary N) is 2. The molecule has 0 bridgehead atoms. The molecule has 1 aliphatic rings. The van der Waals surface area contributed by atoms with Gasteiger partial charge in [0.15, 0.2) is 0 Å². The highest BCUT2D eigenvalue weighted by atomic mass is 16.1. The number of piperazine rings is 1. The van der Waals surface area contributed by atoms with Crippen LogP contribution >= 0.6 is 0 Å². The van der Waals surface area contributed by atoms with Crippen molar-refractivity contribution in [2.75, 3.05) is 42.9 Å². The topological polar surface area (TPSA) is 62.6 Å². The molecule has 0 spiro atoms. The van der Waals surface area contributed by atoms with E-state index in [2.05, 4.69) is 39.2 Å². The van der Waals surface area contributed by atoms with E-state index >= 15 is 0 Å². The van der Waals surface area contributed by atoms with Gasteiger partial charge in [-0.05, 0) is 31.2 Å². The number of aromatic nitrogens is 2. The van der Waals surface area contributed by atoms with Crippen LogP contribution in [0.1, 0.15) is 17.4 Å². The van der Waals surface area contributed by atoms with Crippen LogP contribution in [0.4, 0.5) is 11.4 Å². The minimum Gasteiger partial charge on any atom is -0.360 e. The number of carbonyl (C=O) groups is 1. The van der Waals surface area contributed by atoms with Crippen molar-refractivity contribution >= 4 is 17.3 Å². The summed E-state index contributed by atoms with van der Waals surface area (Å²) in [5, 5.41) is 2.84. The Balaban J connectivity index is 1.60. The van der Waals surface area contributed by atoms with Crippen molar-refractivity contribution < 1.29 is 9.69 Å². The van der Waals surface area contributed by atoms with Gasteiger partial charge in [-0.15, -0.1) is 0 Å². The molecule has 0 atom stereocenters. The number of carbonyl (C=O) groups excluding carboxylic acids is 1. The van der Waals surface area contributed by atoms with Gasteiger partial charge in [0.1, 0.15) is 5.69 Å². The van der Waals surface area contributed by atoms with Crippen molar-refractivity contribution in [1.82, 2.24) is 9.97 Å². The molecule has 6 nitrogen and oxygen atoms in total. The molecule has 2 heterocycles. The van der Waals surface area contributed by atoms with E-state index in [-0.39, 0.29) is 5.91 Å². The van der Waals surface area contributed by atoms with E-state index in [1.807, 2.05) is 12.1 Å². The van der Waals surface area contributed by atoms with E-state index in [9.17, 15) is 4.79 Å². The maximum Gasteiger partial charge on any atom is 0.275 e. The van der Waals surface area contributed by atoms with E-state index in [0.29, 0.717) is 5.69 Å². The standard InChI is InChI=1S/C17H21N5O/c1-2-21-9-11-22(12-10-21)15-5-3-14(4-6-15)20-17(23)16-13-18-7-8-19-16/h3-8,13H,2,9-12H2,1H3,(H,20,23)/p+1. The van der Waals surface area contributed by atoms with Crippen molar-refractivity contribution in [3.63, 3.8) is 0 Å². The zero-order valence-corrected chi connectivity index (χ0v) is 13.3. The Kier molecular flexibility index (Phi) is 4.83. The van der Waals surface area contributed by atoms with E-state index in [1.54, 1.807) is 11.1 Å². The summed E-state index contributed by atoms with van der Waals surface area (Å²) in [6.07, 6.45) is 4.51. The maximum atomic E-state index is 12.0. The monoisotopic (exact) mass is 312 g/mol. The first-order valence-electron chi connectivity index (χ1n) is 8.02. The van der Waals surface area contributed by atoms with Gasteiger partial charge >= 0.3 is 0 Å². The molecule has 120 valence electrons. The van der Waals surface area contributed by atoms with Gasteiger partial charge in [-0.1, -0.05) is 0 Å². The number of quaternary nitrogens is 1. The van der Waals surface area contributed by atoms with Crippen molar-refractivity contribution in [2.24, 2.45) is 0 Å². The smallest absolute Gasteiger partial charge is 0.275 e. The lowest BCUT2D eigenvalue weighted by Crippen LogP contribution is -3.14. The normalized spacial score (nSPS) is 15.4. The van der Waals surface area contributed by atoms with Crippen LogP contribution in [-0.4, -0.2) is 48.6 Å². The van der Waals surface area contributed by atoms with Crippen molar-refractivity contribution in [3.05, 3.63) is 48.5 Å². The Morgan fingerprint density at radius 3 is 2.57 bits per heavy atom. The van der Waals surface area contributed by atoms with Crippen LogP contribution in [0.2, 0.25) is 0 Å². The molecule has 2 N–H and O–H groups in total. The largest absolute Gasteiger partial charge is 0.360 e. The second-order valence-electron chi connectivity index (χ2n) is 5.68. The molecule has 3 rings (SSSR count). The van der Waals surface area contributed by atoms with Gasteiger partial charge in [-0.2, -0.15) is 0 Å². The predicted octanol–water partition coefficient (Wildman–Crippen LogP) is 0.454. The molecule has 23 heavy (non-hydrogen) atoms. The van der Waals surface area contributed by atoms with Gasteiger partial charge < -0.3 is 15.1 Å². The summed E-state index contributed by atoms with van der Waals surface area (Å²) in [5.74, 6) is -0.244.